The number of carbonyl (C=O) groups excluding carboxylic acids is 1. The molecule has 4 nitrogen and oxygen atoms in total. The van der Waals surface area contributed by atoms with Crippen LogP contribution >= 0.6 is 0 Å². The van der Waals surface area contributed by atoms with Gasteiger partial charge in [-0.3, -0.25) is 0 Å². The van der Waals surface area contributed by atoms with E-state index in [1.54, 1.807) is 12.3 Å². The summed E-state index contributed by atoms with van der Waals surface area (Å²) in [5.74, 6) is -0.397. The van der Waals surface area contributed by atoms with E-state index >= 15 is 0 Å². The van der Waals surface area contributed by atoms with Crippen molar-refractivity contribution in [3.8, 4) is 0 Å². The van der Waals surface area contributed by atoms with Crippen LogP contribution in [0.3, 0.4) is 0 Å². The number of carbonyl (C=O) groups is 1. The molecule has 1 fully saturated rings. The molecule has 0 unspecified atom stereocenters. The number of anilines is 1. The normalized spacial score (nSPS) is 17.4. The van der Waals surface area contributed by atoms with Crippen molar-refractivity contribution >= 4 is 11.7 Å². The van der Waals surface area contributed by atoms with Gasteiger partial charge in [0.05, 0.1) is 7.11 Å². The van der Waals surface area contributed by atoms with Crippen molar-refractivity contribution in [3.05, 3.63) is 24.0 Å². The van der Waals surface area contributed by atoms with E-state index in [0.717, 1.165) is 12.2 Å². The van der Waals surface area contributed by atoms with Crippen LogP contribution in [0.25, 0.3) is 0 Å². The zero-order valence-electron chi connectivity index (χ0n) is 11.0. The average Bonchev–Trinajstić information content (AvgIpc) is 2.83. The van der Waals surface area contributed by atoms with Gasteiger partial charge in [-0.2, -0.15) is 0 Å². The van der Waals surface area contributed by atoms with E-state index in [4.69, 9.17) is 0 Å². The maximum atomic E-state index is 11.4. The van der Waals surface area contributed by atoms with E-state index in [1.807, 2.05) is 6.07 Å². The second-order valence-corrected chi connectivity index (χ2v) is 5.29. The summed E-state index contributed by atoms with van der Waals surface area (Å²) in [5.41, 5.74) is 1.66. The van der Waals surface area contributed by atoms with Crippen molar-refractivity contribution in [2.24, 2.45) is 5.41 Å². The van der Waals surface area contributed by atoms with Crippen molar-refractivity contribution in [3.63, 3.8) is 0 Å². The average molecular weight is 248 g/mol. The van der Waals surface area contributed by atoms with Gasteiger partial charge in [0.15, 0.2) is 0 Å². The second kappa shape index (κ2) is 5.38. The first-order chi connectivity index (χ1) is 8.63. The van der Waals surface area contributed by atoms with E-state index in [-0.39, 0.29) is 0 Å². The first-order valence-electron chi connectivity index (χ1n) is 6.41. The Kier molecular flexibility index (Phi) is 3.84. The lowest BCUT2D eigenvalue weighted by molar-refractivity contribution is 0.0594. The highest BCUT2D eigenvalue weighted by Crippen LogP contribution is 2.37. The minimum atomic E-state index is -0.397. The Hall–Kier alpha value is -1.58. The van der Waals surface area contributed by atoms with Crippen molar-refractivity contribution in [2.75, 3.05) is 19.0 Å². The maximum Gasteiger partial charge on any atom is 0.356 e. The molecule has 1 saturated carbocycles. The van der Waals surface area contributed by atoms with Crippen LogP contribution in [0.4, 0.5) is 5.69 Å². The van der Waals surface area contributed by atoms with Crippen LogP contribution in [0.1, 0.15) is 43.1 Å². The van der Waals surface area contributed by atoms with Gasteiger partial charge < -0.3 is 10.1 Å². The number of methoxy groups -OCH3 is 1. The summed E-state index contributed by atoms with van der Waals surface area (Å²) in [5, 5.41) is 3.40. The summed E-state index contributed by atoms with van der Waals surface area (Å²) in [6.45, 7) is 3.26. The Morgan fingerprint density at radius 1 is 1.50 bits per heavy atom. The minimum absolute atomic E-state index is 0.346. The molecule has 0 amide bonds. The van der Waals surface area contributed by atoms with Crippen molar-refractivity contribution < 1.29 is 9.53 Å². The third-order valence-corrected chi connectivity index (χ3v) is 3.68. The summed E-state index contributed by atoms with van der Waals surface area (Å²) >= 11 is 0. The lowest BCUT2D eigenvalue weighted by atomic mass is 9.89. The number of hydrogen-bond donors (Lipinski definition) is 1. The first kappa shape index (κ1) is 12.9. The molecular formula is C14H20N2O2. The van der Waals surface area contributed by atoms with Crippen molar-refractivity contribution in [2.45, 2.75) is 32.6 Å². The van der Waals surface area contributed by atoms with Gasteiger partial charge in [-0.1, -0.05) is 19.8 Å². The van der Waals surface area contributed by atoms with Gasteiger partial charge in [0.25, 0.3) is 0 Å². The van der Waals surface area contributed by atoms with Gasteiger partial charge in [-0.05, 0) is 30.4 Å². The number of pyridine rings is 1. The number of ether oxygens (including phenoxy) is 1. The summed E-state index contributed by atoms with van der Waals surface area (Å²) in [4.78, 5) is 15.4. The second-order valence-electron chi connectivity index (χ2n) is 5.29. The number of hydrogen-bond acceptors (Lipinski definition) is 4. The van der Waals surface area contributed by atoms with E-state index in [0.29, 0.717) is 11.1 Å². The quantitative estimate of drug-likeness (QED) is 0.832. The number of esters is 1. The van der Waals surface area contributed by atoms with Crippen LogP contribution in [0.15, 0.2) is 18.3 Å². The predicted molar refractivity (Wildman–Crippen MR) is 70.6 cm³/mol. The number of rotatable bonds is 4. The molecule has 2 rings (SSSR count). The minimum Gasteiger partial charge on any atom is -0.464 e. The molecule has 1 aromatic rings. The molecule has 1 aliphatic rings. The summed E-state index contributed by atoms with van der Waals surface area (Å²) in [7, 11) is 1.36. The highest BCUT2D eigenvalue weighted by atomic mass is 16.5. The molecular weight excluding hydrogens is 228 g/mol. The summed E-state index contributed by atoms with van der Waals surface area (Å²) in [6, 6.07) is 3.62. The van der Waals surface area contributed by atoms with Gasteiger partial charge in [-0.25, -0.2) is 9.78 Å². The van der Waals surface area contributed by atoms with Gasteiger partial charge >= 0.3 is 5.97 Å². The maximum absolute atomic E-state index is 11.4. The molecule has 0 aliphatic heterocycles. The Balaban J connectivity index is 1.99. The molecule has 0 atom stereocenters. The topological polar surface area (TPSA) is 51.2 Å². The molecule has 4 heteroatoms. The molecule has 1 N–H and O–H groups in total. The molecule has 1 aromatic heterocycles. The van der Waals surface area contributed by atoms with Gasteiger partial charge in [-0.15, -0.1) is 0 Å². The highest BCUT2D eigenvalue weighted by molar-refractivity contribution is 5.88. The molecule has 0 bridgehead atoms. The molecule has 0 saturated heterocycles. The number of nitrogens with zero attached hydrogens (tertiary/aromatic N) is 1. The third kappa shape index (κ3) is 3.00. The SMILES string of the molecule is COC(=O)c1cc(NCC2(C)CCCC2)ccn1. The first-order valence-corrected chi connectivity index (χ1v) is 6.41. The smallest absolute Gasteiger partial charge is 0.356 e. The molecule has 0 radical (unpaired) electrons. The molecule has 0 spiro atoms. The zero-order valence-corrected chi connectivity index (χ0v) is 11.0. The molecule has 1 aliphatic carbocycles. The summed E-state index contributed by atoms with van der Waals surface area (Å²) < 4.78 is 4.66. The van der Waals surface area contributed by atoms with Crippen LogP contribution in [0.2, 0.25) is 0 Å². The Bertz CT molecular complexity index is 426. The lowest BCUT2D eigenvalue weighted by Crippen LogP contribution is -2.23. The molecule has 1 heterocycles. The fourth-order valence-electron chi connectivity index (χ4n) is 2.48. The monoisotopic (exact) mass is 248 g/mol. The highest BCUT2D eigenvalue weighted by Gasteiger charge is 2.28. The number of nitrogens with one attached hydrogen (secondary N) is 1. The fraction of sp³-hybridized carbons (Fsp3) is 0.571. The molecule has 18 heavy (non-hydrogen) atoms. The Morgan fingerprint density at radius 3 is 2.89 bits per heavy atom. The lowest BCUT2D eigenvalue weighted by Gasteiger charge is -2.24. The fourth-order valence-corrected chi connectivity index (χ4v) is 2.48. The van der Waals surface area contributed by atoms with Crippen LogP contribution < -0.4 is 5.32 Å². The van der Waals surface area contributed by atoms with Crippen molar-refractivity contribution in [1.82, 2.24) is 4.98 Å². The Morgan fingerprint density at radius 2 is 2.22 bits per heavy atom. The zero-order chi connectivity index (χ0) is 13.0. The molecule has 0 aromatic carbocycles. The van der Waals surface area contributed by atoms with E-state index in [9.17, 15) is 4.79 Å². The van der Waals surface area contributed by atoms with Gasteiger partial charge in [0.1, 0.15) is 5.69 Å². The number of aromatic nitrogens is 1. The summed E-state index contributed by atoms with van der Waals surface area (Å²) in [6.07, 6.45) is 6.82. The van der Waals surface area contributed by atoms with E-state index in [1.165, 1.54) is 32.8 Å². The molecule has 98 valence electrons. The van der Waals surface area contributed by atoms with Crippen LogP contribution in [-0.4, -0.2) is 24.6 Å². The van der Waals surface area contributed by atoms with Gasteiger partial charge in [0, 0.05) is 18.4 Å². The predicted octanol–water partition coefficient (Wildman–Crippen LogP) is 2.86. The van der Waals surface area contributed by atoms with E-state index < -0.39 is 5.97 Å². The van der Waals surface area contributed by atoms with Crippen LogP contribution in [0, 0.1) is 5.41 Å². The standard InChI is InChI=1S/C14H20N2O2/c1-14(6-3-4-7-14)10-16-11-5-8-15-12(9-11)13(17)18-2/h5,8-9H,3-4,6-7,10H2,1-2H3,(H,15,16). The van der Waals surface area contributed by atoms with Crippen LogP contribution in [0.5, 0.6) is 0 Å². The third-order valence-electron chi connectivity index (χ3n) is 3.68. The van der Waals surface area contributed by atoms with Crippen LogP contribution in [-0.2, 0) is 4.74 Å². The van der Waals surface area contributed by atoms with Crippen molar-refractivity contribution in [1.29, 1.82) is 0 Å². The van der Waals surface area contributed by atoms with E-state index in [2.05, 4.69) is 22.0 Å². The largest absolute Gasteiger partial charge is 0.464 e. The Labute approximate surface area is 108 Å². The van der Waals surface area contributed by atoms with Gasteiger partial charge in [0.2, 0.25) is 0 Å².